The minimum Gasteiger partial charge on any atom is -0.465 e. The van der Waals surface area contributed by atoms with Gasteiger partial charge in [0, 0.05) is 25.1 Å². The van der Waals surface area contributed by atoms with E-state index in [1.54, 1.807) is 45.0 Å². The molecule has 0 saturated carbocycles. The largest absolute Gasteiger partial charge is 0.465 e. The number of nitrogens with one attached hydrogen (secondary N) is 3. The van der Waals surface area contributed by atoms with Crippen molar-refractivity contribution < 1.29 is 34.5 Å². The molecule has 0 bridgehead atoms. The zero-order valence-electron chi connectivity index (χ0n) is 19.9. The molecule has 1 saturated heterocycles. The third-order valence-electron chi connectivity index (χ3n) is 6.14. The van der Waals surface area contributed by atoms with Gasteiger partial charge in [-0.3, -0.25) is 9.59 Å². The van der Waals surface area contributed by atoms with E-state index < -0.39 is 53.6 Å². The van der Waals surface area contributed by atoms with Gasteiger partial charge < -0.3 is 36.2 Å². The number of carbonyl (C=O) groups excluding carboxylic acids is 2. The van der Waals surface area contributed by atoms with Crippen molar-refractivity contribution >= 4 is 24.0 Å². The van der Waals surface area contributed by atoms with Crippen LogP contribution in [0.4, 0.5) is 9.59 Å². The second-order valence-corrected chi connectivity index (χ2v) is 9.25. The molecular weight excluding hydrogens is 456 g/mol. The van der Waals surface area contributed by atoms with Crippen molar-refractivity contribution in [2.24, 2.45) is 5.41 Å². The SMILES string of the molecule is C#Cc1ccc(C(C)NC(=O)[C@@H]2C[C@@H](O)CN2C(=O)C(NC(=O)O)C(C)(C)CCNC(=O)O)cc1. The lowest BCUT2D eigenvalue weighted by atomic mass is 9.80. The second-order valence-electron chi connectivity index (χ2n) is 9.25. The van der Waals surface area contributed by atoms with Gasteiger partial charge in [-0.05, 0) is 36.5 Å². The first kappa shape index (κ1) is 27.5. The fraction of sp³-hybridized carbons (Fsp3) is 0.500. The zero-order chi connectivity index (χ0) is 26.3. The fourth-order valence-electron chi connectivity index (χ4n) is 4.08. The van der Waals surface area contributed by atoms with Crippen molar-refractivity contribution in [3.05, 3.63) is 35.4 Å². The normalized spacial score (nSPS) is 19.2. The summed E-state index contributed by atoms with van der Waals surface area (Å²) in [5.41, 5.74) is 0.491. The molecule has 0 spiro atoms. The summed E-state index contributed by atoms with van der Waals surface area (Å²) in [5, 5.41) is 35.6. The standard InChI is InChI=1S/C24H32N4O7/c1-5-15-6-8-16(9-7-15)14(2)26-20(30)18-12-17(29)13-28(18)21(31)19(27-23(34)35)24(3,4)10-11-25-22(32)33/h1,6-9,14,17-19,25,27,29H,10-13H2,2-4H3,(H,26,30)(H,32,33)(H,34,35)/t14?,17-,18+,19?/m1/s1. The average Bonchev–Trinajstić information content (AvgIpc) is 3.18. The molecule has 2 unspecified atom stereocenters. The molecule has 1 aliphatic rings. The van der Waals surface area contributed by atoms with Gasteiger partial charge in [-0.25, -0.2) is 9.59 Å². The van der Waals surface area contributed by atoms with Crippen LogP contribution in [0.1, 0.15) is 50.8 Å². The number of rotatable bonds is 9. The van der Waals surface area contributed by atoms with E-state index in [0.29, 0.717) is 5.56 Å². The molecule has 2 rings (SSSR count). The number of carboxylic acid groups (broad SMARTS) is 2. The lowest BCUT2D eigenvalue weighted by Crippen LogP contribution is -2.58. The van der Waals surface area contributed by atoms with Crippen molar-refractivity contribution in [2.75, 3.05) is 13.1 Å². The molecule has 1 aromatic carbocycles. The van der Waals surface area contributed by atoms with Gasteiger partial charge in [-0.2, -0.15) is 0 Å². The quantitative estimate of drug-likeness (QED) is 0.283. The van der Waals surface area contributed by atoms with E-state index >= 15 is 0 Å². The summed E-state index contributed by atoms with van der Waals surface area (Å²) in [6.45, 7) is 4.88. The molecule has 35 heavy (non-hydrogen) atoms. The number of carbonyl (C=O) groups is 4. The number of benzene rings is 1. The van der Waals surface area contributed by atoms with Crippen LogP contribution in [0.3, 0.4) is 0 Å². The predicted octanol–water partition coefficient (Wildman–Crippen LogP) is 1.13. The Morgan fingerprint density at radius 2 is 1.77 bits per heavy atom. The molecule has 0 radical (unpaired) electrons. The Labute approximate surface area is 203 Å². The Balaban J connectivity index is 2.20. The number of hydrogen-bond acceptors (Lipinski definition) is 5. The van der Waals surface area contributed by atoms with Gasteiger partial charge in [0.15, 0.2) is 0 Å². The van der Waals surface area contributed by atoms with Crippen LogP contribution in [0.15, 0.2) is 24.3 Å². The highest BCUT2D eigenvalue weighted by atomic mass is 16.4. The molecule has 4 amide bonds. The number of β-amino-alcohol motifs (C(OH)–C–C–N with tert-alkyl or cyclic N) is 1. The van der Waals surface area contributed by atoms with Crippen LogP contribution in [0.25, 0.3) is 0 Å². The van der Waals surface area contributed by atoms with Crippen molar-refractivity contribution in [1.82, 2.24) is 20.9 Å². The summed E-state index contributed by atoms with van der Waals surface area (Å²) in [6, 6.07) is 4.38. The van der Waals surface area contributed by atoms with Gasteiger partial charge in [-0.1, -0.05) is 31.9 Å². The number of hydrogen-bond donors (Lipinski definition) is 6. The van der Waals surface area contributed by atoms with Crippen LogP contribution in [-0.2, 0) is 9.59 Å². The molecule has 6 N–H and O–H groups in total. The van der Waals surface area contributed by atoms with Crippen LogP contribution >= 0.6 is 0 Å². The highest BCUT2D eigenvalue weighted by molar-refractivity contribution is 5.92. The molecule has 0 aliphatic carbocycles. The molecule has 4 atom stereocenters. The summed E-state index contributed by atoms with van der Waals surface area (Å²) in [5.74, 6) is 1.36. The molecular formula is C24H32N4O7. The topological polar surface area (TPSA) is 168 Å². The van der Waals surface area contributed by atoms with E-state index in [4.69, 9.17) is 11.5 Å². The molecule has 1 aromatic rings. The van der Waals surface area contributed by atoms with E-state index in [1.165, 1.54) is 4.90 Å². The van der Waals surface area contributed by atoms with E-state index in [1.807, 2.05) is 0 Å². The number of amides is 4. The highest BCUT2D eigenvalue weighted by Crippen LogP contribution is 2.29. The Morgan fingerprint density at radius 1 is 1.14 bits per heavy atom. The summed E-state index contributed by atoms with van der Waals surface area (Å²) < 4.78 is 0. The van der Waals surface area contributed by atoms with Gasteiger partial charge in [0.05, 0.1) is 12.1 Å². The van der Waals surface area contributed by atoms with Crippen molar-refractivity contribution in [1.29, 1.82) is 0 Å². The number of nitrogens with zero attached hydrogens (tertiary/aromatic N) is 1. The number of likely N-dealkylation sites (tertiary alicyclic amines) is 1. The van der Waals surface area contributed by atoms with Crippen LogP contribution in [-0.4, -0.2) is 75.5 Å². The zero-order valence-corrected chi connectivity index (χ0v) is 19.9. The van der Waals surface area contributed by atoms with Crippen LogP contribution in [0.2, 0.25) is 0 Å². The minimum absolute atomic E-state index is 0.00111. The smallest absolute Gasteiger partial charge is 0.405 e. The maximum atomic E-state index is 13.5. The van der Waals surface area contributed by atoms with Crippen molar-refractivity contribution in [2.45, 2.75) is 57.8 Å². The third-order valence-corrected chi connectivity index (χ3v) is 6.14. The monoisotopic (exact) mass is 488 g/mol. The first-order valence-corrected chi connectivity index (χ1v) is 11.2. The number of aliphatic hydroxyl groups is 1. The summed E-state index contributed by atoms with van der Waals surface area (Å²) in [6.07, 6.45) is 1.88. The van der Waals surface area contributed by atoms with Crippen LogP contribution < -0.4 is 16.0 Å². The number of aliphatic hydroxyl groups excluding tert-OH is 1. The highest BCUT2D eigenvalue weighted by Gasteiger charge is 2.45. The Bertz CT molecular complexity index is 987. The predicted molar refractivity (Wildman–Crippen MR) is 126 cm³/mol. The molecule has 0 aromatic heterocycles. The van der Waals surface area contributed by atoms with E-state index in [0.717, 1.165) is 5.56 Å². The molecule has 11 nitrogen and oxygen atoms in total. The lowest BCUT2D eigenvalue weighted by Gasteiger charge is -2.37. The molecule has 190 valence electrons. The maximum absolute atomic E-state index is 13.5. The summed E-state index contributed by atoms with van der Waals surface area (Å²) in [7, 11) is 0. The minimum atomic E-state index is -1.44. The molecule has 1 fully saturated rings. The number of terminal acetylenes is 1. The van der Waals surface area contributed by atoms with Gasteiger partial charge in [-0.15, -0.1) is 6.42 Å². The van der Waals surface area contributed by atoms with Crippen LogP contribution in [0, 0.1) is 17.8 Å². The first-order valence-electron chi connectivity index (χ1n) is 11.2. The van der Waals surface area contributed by atoms with E-state index in [2.05, 4.69) is 21.9 Å². The lowest BCUT2D eigenvalue weighted by molar-refractivity contribution is -0.142. The van der Waals surface area contributed by atoms with Crippen molar-refractivity contribution in [3.63, 3.8) is 0 Å². The van der Waals surface area contributed by atoms with Gasteiger partial charge in [0.2, 0.25) is 11.8 Å². The fourth-order valence-corrected chi connectivity index (χ4v) is 4.08. The van der Waals surface area contributed by atoms with Crippen molar-refractivity contribution in [3.8, 4) is 12.3 Å². The van der Waals surface area contributed by atoms with Gasteiger partial charge in [0.1, 0.15) is 12.1 Å². The summed E-state index contributed by atoms with van der Waals surface area (Å²) in [4.78, 5) is 50.0. The Kier molecular flexibility index (Phi) is 9.08. The third kappa shape index (κ3) is 7.35. The van der Waals surface area contributed by atoms with E-state index in [9.17, 15) is 29.4 Å². The molecule has 1 aliphatic heterocycles. The second kappa shape index (κ2) is 11.6. The van der Waals surface area contributed by atoms with E-state index in [-0.39, 0.29) is 25.9 Å². The van der Waals surface area contributed by atoms with Gasteiger partial charge >= 0.3 is 12.2 Å². The average molecular weight is 489 g/mol. The molecule has 11 heteroatoms. The summed E-state index contributed by atoms with van der Waals surface area (Å²) >= 11 is 0. The van der Waals surface area contributed by atoms with Gasteiger partial charge in [0.25, 0.3) is 0 Å². The van der Waals surface area contributed by atoms with Crippen LogP contribution in [0.5, 0.6) is 0 Å². The first-order chi connectivity index (χ1) is 16.4. The Morgan fingerprint density at radius 3 is 2.31 bits per heavy atom. The maximum Gasteiger partial charge on any atom is 0.405 e. The molecule has 1 heterocycles. The Hall–Kier alpha value is -3.78.